The van der Waals surface area contributed by atoms with Gasteiger partial charge in [-0.15, -0.1) is 0 Å². The summed E-state index contributed by atoms with van der Waals surface area (Å²) < 4.78 is 2.27. The van der Waals surface area contributed by atoms with E-state index >= 15 is 0 Å². The van der Waals surface area contributed by atoms with E-state index in [9.17, 15) is 5.26 Å². The number of rotatable bonds is 3. The topological polar surface area (TPSA) is 54.5 Å². The second-order valence-corrected chi connectivity index (χ2v) is 11.3. The Morgan fingerprint density at radius 3 is 2.07 bits per heavy atom. The molecule has 0 radical (unpaired) electrons. The van der Waals surface area contributed by atoms with E-state index in [1.165, 1.54) is 38.5 Å². The van der Waals surface area contributed by atoms with Gasteiger partial charge in [-0.2, -0.15) is 5.26 Å². The maximum absolute atomic E-state index is 9.18. The van der Waals surface area contributed by atoms with Crippen LogP contribution in [0.1, 0.15) is 16.7 Å². The number of nitriles is 1. The smallest absolute Gasteiger partial charge is 0.235 e. The fourth-order valence-corrected chi connectivity index (χ4v) is 6.83. The first kappa shape index (κ1) is 24.5. The quantitative estimate of drug-likeness (QED) is 0.216. The molecule has 9 rings (SSSR count). The lowest BCUT2D eigenvalue weighted by atomic mass is 10.0. The van der Waals surface area contributed by atoms with Crippen molar-refractivity contribution in [1.29, 1.82) is 5.26 Å². The van der Waals surface area contributed by atoms with E-state index in [1.807, 2.05) is 36.4 Å². The van der Waals surface area contributed by atoms with Gasteiger partial charge < -0.3 is 0 Å². The second-order valence-electron chi connectivity index (χ2n) is 11.3. The summed E-state index contributed by atoms with van der Waals surface area (Å²) in [5.74, 6) is 0.672. The molecule has 0 saturated heterocycles. The zero-order chi connectivity index (χ0) is 29.2. The summed E-state index contributed by atoms with van der Waals surface area (Å²) in [7, 11) is 0. The summed E-state index contributed by atoms with van der Waals surface area (Å²) in [5.41, 5.74) is 13.2. The molecular formula is C40H24N4. The van der Waals surface area contributed by atoms with Gasteiger partial charge in [0.05, 0.1) is 33.9 Å². The third-order valence-electron chi connectivity index (χ3n) is 8.91. The van der Waals surface area contributed by atoms with Gasteiger partial charge in [0.25, 0.3) is 0 Å². The SMILES string of the molecule is N#Cc1ccc(-c2ccc(-c3nc(-n4c5ccccc5c5ccc6c(c54)Cc4ccccc4-6)nc4ccccc34)cc2)cc1. The highest BCUT2D eigenvalue weighted by molar-refractivity contribution is 6.12. The van der Waals surface area contributed by atoms with Crippen molar-refractivity contribution in [1.82, 2.24) is 14.5 Å². The minimum absolute atomic E-state index is 0.657. The van der Waals surface area contributed by atoms with Crippen LogP contribution in [0.4, 0.5) is 0 Å². The molecule has 2 heterocycles. The predicted molar refractivity (Wildman–Crippen MR) is 178 cm³/mol. The molecule has 0 aliphatic heterocycles. The number of hydrogen-bond donors (Lipinski definition) is 0. The molecule has 1 aliphatic rings. The molecule has 2 aromatic heterocycles. The number of nitrogens with zero attached hydrogens (tertiary/aromatic N) is 4. The molecule has 0 bridgehead atoms. The normalized spacial score (nSPS) is 12.0. The Balaban J connectivity index is 1.27. The largest absolute Gasteiger partial charge is 0.278 e. The van der Waals surface area contributed by atoms with E-state index in [0.717, 1.165) is 45.2 Å². The maximum Gasteiger partial charge on any atom is 0.235 e. The van der Waals surface area contributed by atoms with E-state index in [2.05, 4.69) is 108 Å². The predicted octanol–water partition coefficient (Wildman–Crippen LogP) is 9.50. The van der Waals surface area contributed by atoms with Gasteiger partial charge in [0.1, 0.15) is 0 Å². The summed E-state index contributed by atoms with van der Waals surface area (Å²) >= 11 is 0. The lowest BCUT2D eigenvalue weighted by molar-refractivity contribution is 1.01. The molecule has 1 aliphatic carbocycles. The third kappa shape index (κ3) is 3.63. The molecule has 0 N–H and O–H groups in total. The Hall–Kier alpha value is -6.05. The first-order valence-electron chi connectivity index (χ1n) is 14.8. The van der Waals surface area contributed by atoms with Crippen LogP contribution < -0.4 is 0 Å². The summed E-state index contributed by atoms with van der Waals surface area (Å²) in [6.45, 7) is 0. The number of para-hydroxylation sites is 2. The van der Waals surface area contributed by atoms with Gasteiger partial charge in [-0.05, 0) is 57.6 Å². The monoisotopic (exact) mass is 560 g/mol. The van der Waals surface area contributed by atoms with Gasteiger partial charge in [0.15, 0.2) is 0 Å². The van der Waals surface area contributed by atoms with E-state index < -0.39 is 0 Å². The standard InChI is InChI=1S/C40H24N4/c41-24-25-13-15-26(16-14-25)27-17-19-28(20-18-27)38-34-10-3-5-11-36(34)42-40(43-38)44-37-12-6-4-9-32(37)33-22-21-31-30-8-2-1-7-29(30)23-35(31)39(33)44/h1-22H,23H2. The van der Waals surface area contributed by atoms with E-state index in [1.54, 1.807) is 0 Å². The van der Waals surface area contributed by atoms with Crippen LogP contribution in [0.25, 0.3) is 72.2 Å². The van der Waals surface area contributed by atoms with Crippen LogP contribution in [0.2, 0.25) is 0 Å². The van der Waals surface area contributed by atoms with Crippen molar-refractivity contribution in [2.45, 2.75) is 6.42 Å². The Morgan fingerprint density at radius 1 is 0.568 bits per heavy atom. The molecule has 4 nitrogen and oxygen atoms in total. The lowest BCUT2D eigenvalue weighted by Crippen LogP contribution is -2.04. The van der Waals surface area contributed by atoms with Crippen LogP contribution in [-0.2, 0) is 6.42 Å². The van der Waals surface area contributed by atoms with Gasteiger partial charge in [0, 0.05) is 28.1 Å². The van der Waals surface area contributed by atoms with Crippen LogP contribution in [-0.4, -0.2) is 14.5 Å². The fraction of sp³-hybridized carbons (Fsp3) is 0.0250. The highest BCUT2D eigenvalue weighted by Crippen LogP contribution is 2.44. The molecule has 204 valence electrons. The number of fused-ring (bicyclic) bond motifs is 8. The van der Waals surface area contributed by atoms with Crippen LogP contribution in [0.3, 0.4) is 0 Å². The van der Waals surface area contributed by atoms with Crippen molar-refractivity contribution in [3.8, 4) is 45.5 Å². The Morgan fingerprint density at radius 2 is 1.25 bits per heavy atom. The fourth-order valence-electron chi connectivity index (χ4n) is 6.83. The Kier molecular flexibility index (Phi) is 5.29. The first-order chi connectivity index (χ1) is 21.8. The maximum atomic E-state index is 9.18. The van der Waals surface area contributed by atoms with Crippen LogP contribution in [0, 0.1) is 11.3 Å². The van der Waals surface area contributed by atoms with Crippen molar-refractivity contribution in [2.75, 3.05) is 0 Å². The average Bonchev–Trinajstić information content (AvgIpc) is 3.64. The third-order valence-corrected chi connectivity index (χ3v) is 8.91. The summed E-state index contributed by atoms with van der Waals surface area (Å²) in [6.07, 6.45) is 0.885. The zero-order valence-corrected chi connectivity index (χ0v) is 23.7. The van der Waals surface area contributed by atoms with Crippen molar-refractivity contribution >= 4 is 32.7 Å². The molecule has 4 heteroatoms. The minimum atomic E-state index is 0.657. The van der Waals surface area contributed by atoms with Crippen molar-refractivity contribution in [3.05, 3.63) is 150 Å². The molecule has 6 aromatic carbocycles. The minimum Gasteiger partial charge on any atom is -0.278 e. The molecule has 44 heavy (non-hydrogen) atoms. The van der Waals surface area contributed by atoms with Gasteiger partial charge >= 0.3 is 0 Å². The van der Waals surface area contributed by atoms with Crippen molar-refractivity contribution in [3.63, 3.8) is 0 Å². The van der Waals surface area contributed by atoms with Crippen LogP contribution in [0.5, 0.6) is 0 Å². The first-order valence-corrected chi connectivity index (χ1v) is 14.8. The molecule has 8 aromatic rings. The second kappa shape index (κ2) is 9.49. The van der Waals surface area contributed by atoms with Crippen molar-refractivity contribution < 1.29 is 0 Å². The Labute approximate surface area is 254 Å². The molecule has 0 atom stereocenters. The number of hydrogen-bond acceptors (Lipinski definition) is 3. The highest BCUT2D eigenvalue weighted by Gasteiger charge is 2.25. The summed E-state index contributed by atoms with van der Waals surface area (Å²) in [6, 6.07) is 48.5. The number of aromatic nitrogens is 3. The number of benzene rings is 6. The zero-order valence-electron chi connectivity index (χ0n) is 23.7. The van der Waals surface area contributed by atoms with E-state index in [0.29, 0.717) is 11.5 Å². The van der Waals surface area contributed by atoms with Crippen LogP contribution >= 0.6 is 0 Å². The average molecular weight is 561 g/mol. The molecule has 0 amide bonds. The highest BCUT2D eigenvalue weighted by atomic mass is 15.2. The molecule has 0 unspecified atom stereocenters. The van der Waals surface area contributed by atoms with E-state index in [-0.39, 0.29) is 0 Å². The molecule has 0 spiro atoms. The van der Waals surface area contributed by atoms with Gasteiger partial charge in [0.2, 0.25) is 5.95 Å². The van der Waals surface area contributed by atoms with Gasteiger partial charge in [-0.3, -0.25) is 4.57 Å². The van der Waals surface area contributed by atoms with Crippen LogP contribution in [0.15, 0.2) is 133 Å². The molecule has 0 saturated carbocycles. The molecular weight excluding hydrogens is 536 g/mol. The lowest BCUT2D eigenvalue weighted by Gasteiger charge is -2.13. The molecule has 0 fully saturated rings. The van der Waals surface area contributed by atoms with Gasteiger partial charge in [-0.1, -0.05) is 109 Å². The van der Waals surface area contributed by atoms with E-state index in [4.69, 9.17) is 9.97 Å². The van der Waals surface area contributed by atoms with Gasteiger partial charge in [-0.25, -0.2) is 9.97 Å². The van der Waals surface area contributed by atoms with Crippen molar-refractivity contribution in [2.24, 2.45) is 0 Å². The summed E-state index contributed by atoms with van der Waals surface area (Å²) in [5, 5.41) is 12.6. The summed E-state index contributed by atoms with van der Waals surface area (Å²) in [4.78, 5) is 10.5. The Bertz CT molecular complexity index is 2460.